The van der Waals surface area contributed by atoms with Crippen LogP contribution in [0.25, 0.3) is 0 Å². The lowest BCUT2D eigenvalue weighted by atomic mass is 10.3. The largest absolute Gasteiger partial charge is 0.488 e. The molecule has 0 unspecified atom stereocenters. The van der Waals surface area contributed by atoms with Gasteiger partial charge < -0.3 is 9.47 Å². The molecule has 0 aromatic heterocycles. The molecule has 1 aromatic carbocycles. The number of hydrazine groups is 2. The minimum absolute atomic E-state index is 0.130. The molecule has 0 aliphatic carbocycles. The predicted octanol–water partition coefficient (Wildman–Crippen LogP) is 1.23. The first-order chi connectivity index (χ1) is 12.9. The molecule has 27 heavy (non-hydrogen) atoms. The average molecular weight is 395 g/mol. The summed E-state index contributed by atoms with van der Waals surface area (Å²) in [7, 11) is -2.75. The fraction of sp³-hybridized carbons (Fsp3) is 0.250. The van der Waals surface area contributed by atoms with Crippen LogP contribution in [0.2, 0.25) is 0 Å². The number of hydrazone groups is 1. The van der Waals surface area contributed by atoms with Crippen LogP contribution in [0.4, 0.5) is 4.79 Å². The Hall–Kier alpha value is -3.21. The Morgan fingerprint density at radius 1 is 1.37 bits per heavy atom. The van der Waals surface area contributed by atoms with E-state index >= 15 is 0 Å². The zero-order valence-corrected chi connectivity index (χ0v) is 15.9. The smallest absolute Gasteiger partial charge is 0.350 e. The van der Waals surface area contributed by atoms with Crippen molar-refractivity contribution in [1.82, 2.24) is 20.8 Å². The topological polar surface area (TPSA) is 121 Å². The summed E-state index contributed by atoms with van der Waals surface area (Å²) in [6, 6.07) is 5.00. The molecule has 1 aliphatic heterocycles. The van der Waals surface area contributed by atoms with Crippen molar-refractivity contribution in [3.63, 3.8) is 0 Å². The Morgan fingerprint density at radius 3 is 2.81 bits per heavy atom. The average Bonchev–Trinajstić information content (AvgIpc) is 2.61. The van der Waals surface area contributed by atoms with Crippen LogP contribution in [0.3, 0.4) is 0 Å². The second-order valence-electron chi connectivity index (χ2n) is 5.27. The van der Waals surface area contributed by atoms with Crippen molar-refractivity contribution >= 4 is 22.0 Å². The summed E-state index contributed by atoms with van der Waals surface area (Å²) in [4.78, 5) is 12.0. The Bertz CT molecular complexity index is 879. The number of hydrogen-bond acceptors (Lipinski definition) is 8. The number of para-hydroxylation sites is 1. The molecule has 1 heterocycles. The number of rotatable bonds is 6. The van der Waals surface area contributed by atoms with E-state index in [2.05, 4.69) is 16.0 Å². The van der Waals surface area contributed by atoms with Gasteiger partial charge in [0.15, 0.2) is 0 Å². The lowest BCUT2D eigenvalue weighted by Crippen LogP contribution is -2.53. The van der Waals surface area contributed by atoms with Gasteiger partial charge in [-0.15, -0.1) is 5.23 Å². The number of carbonyl (C=O) groups is 1. The molecular formula is C16H21N5O5S. The Labute approximate surface area is 157 Å². The molecule has 0 saturated carbocycles. The maximum Gasteiger partial charge on any atom is 0.350 e. The van der Waals surface area contributed by atoms with E-state index in [4.69, 9.17) is 9.47 Å². The molecule has 0 spiro atoms. The van der Waals surface area contributed by atoms with Crippen LogP contribution in [-0.4, -0.2) is 39.3 Å². The van der Waals surface area contributed by atoms with Gasteiger partial charge in [-0.1, -0.05) is 29.4 Å². The van der Waals surface area contributed by atoms with Gasteiger partial charge in [-0.05, 0) is 26.0 Å². The van der Waals surface area contributed by atoms with Crippen molar-refractivity contribution in [2.75, 3.05) is 13.7 Å². The van der Waals surface area contributed by atoms with Crippen molar-refractivity contribution in [3.8, 4) is 5.75 Å². The normalized spacial score (nSPS) is 14.1. The van der Waals surface area contributed by atoms with Crippen molar-refractivity contribution < 1.29 is 22.7 Å². The summed E-state index contributed by atoms with van der Waals surface area (Å²) in [5.41, 5.74) is 5.59. The van der Waals surface area contributed by atoms with Crippen LogP contribution in [0, 0.1) is 0 Å². The third-order valence-electron chi connectivity index (χ3n) is 3.17. The number of benzene rings is 1. The first-order valence-electron chi connectivity index (χ1n) is 7.90. The first-order valence-corrected chi connectivity index (χ1v) is 9.38. The summed E-state index contributed by atoms with van der Waals surface area (Å²) in [6.07, 6.45) is 5.11. The number of nitrogens with zero attached hydrogens (tertiary/aromatic N) is 2. The zero-order chi connectivity index (χ0) is 19.9. The maximum atomic E-state index is 12.5. The van der Waals surface area contributed by atoms with Crippen LogP contribution in [0.15, 0.2) is 58.2 Å². The molecule has 0 atom stereocenters. The van der Waals surface area contributed by atoms with Gasteiger partial charge in [-0.25, -0.2) is 23.4 Å². The van der Waals surface area contributed by atoms with E-state index in [1.807, 2.05) is 11.6 Å². The number of nitrogens with one attached hydrogen (secondary N) is 3. The molecule has 0 bridgehead atoms. The SMILES string of the molecule is C/C=C/COc1ccccc1S(=O)(=O)NC(=O)NN1N=C(OC)C=C(C)N1. The highest BCUT2D eigenvalue weighted by atomic mass is 32.2. The monoisotopic (exact) mass is 395 g/mol. The minimum atomic E-state index is -4.17. The molecule has 1 aromatic rings. The number of carbonyl (C=O) groups excluding carboxylic acids is 1. The Morgan fingerprint density at radius 2 is 2.11 bits per heavy atom. The van der Waals surface area contributed by atoms with Gasteiger partial charge in [-0.2, -0.15) is 0 Å². The van der Waals surface area contributed by atoms with Crippen LogP contribution in [0.5, 0.6) is 5.75 Å². The number of sulfonamides is 1. The fourth-order valence-electron chi connectivity index (χ4n) is 2.01. The van der Waals surface area contributed by atoms with Gasteiger partial charge in [0.2, 0.25) is 5.90 Å². The Balaban J connectivity index is 2.09. The molecule has 1 aliphatic rings. The third-order valence-corrected chi connectivity index (χ3v) is 4.54. The second kappa shape index (κ2) is 8.94. The molecule has 11 heteroatoms. The standard InChI is InChI=1S/C16H21N5O5S/c1-4-5-10-26-13-8-6-7-9-14(13)27(23,24)20-16(22)19-21-17-12(2)11-15(18-21)25-3/h4-9,11,17H,10H2,1-3H3,(H2,19,20,22)/b5-4+. The fourth-order valence-corrected chi connectivity index (χ4v) is 3.06. The molecule has 0 saturated heterocycles. The number of urea groups is 1. The quantitative estimate of drug-likeness (QED) is 0.619. The van der Waals surface area contributed by atoms with E-state index in [0.717, 1.165) is 5.23 Å². The molecule has 2 amide bonds. The molecule has 3 N–H and O–H groups in total. The molecule has 0 fully saturated rings. The van der Waals surface area contributed by atoms with E-state index in [0.29, 0.717) is 5.70 Å². The summed E-state index contributed by atoms with van der Waals surface area (Å²) < 4.78 is 37.4. The van der Waals surface area contributed by atoms with Gasteiger partial charge in [0.1, 0.15) is 17.3 Å². The maximum absolute atomic E-state index is 12.5. The summed E-state index contributed by atoms with van der Waals surface area (Å²) >= 11 is 0. The van der Waals surface area contributed by atoms with Crippen LogP contribution in [0.1, 0.15) is 13.8 Å². The lowest BCUT2D eigenvalue weighted by molar-refractivity contribution is 0.138. The molecule has 146 valence electrons. The van der Waals surface area contributed by atoms with Crippen LogP contribution in [-0.2, 0) is 14.8 Å². The van der Waals surface area contributed by atoms with Gasteiger partial charge in [0, 0.05) is 11.8 Å². The number of ether oxygens (including phenoxy) is 2. The summed E-state index contributed by atoms with van der Waals surface area (Å²) in [5.74, 6) is 0.364. The highest BCUT2D eigenvalue weighted by Gasteiger charge is 2.23. The van der Waals surface area contributed by atoms with E-state index < -0.39 is 16.1 Å². The van der Waals surface area contributed by atoms with Gasteiger partial charge in [0.25, 0.3) is 10.0 Å². The second-order valence-corrected chi connectivity index (χ2v) is 6.92. The van der Waals surface area contributed by atoms with Crippen LogP contribution < -0.4 is 20.3 Å². The Kier molecular flexibility index (Phi) is 6.66. The number of allylic oxidation sites excluding steroid dienone is 2. The van der Waals surface area contributed by atoms with E-state index in [-0.39, 0.29) is 23.1 Å². The van der Waals surface area contributed by atoms with E-state index in [1.165, 1.54) is 25.3 Å². The zero-order valence-electron chi connectivity index (χ0n) is 15.1. The molecule has 10 nitrogen and oxygen atoms in total. The van der Waals surface area contributed by atoms with Gasteiger partial charge in [-0.3, -0.25) is 5.43 Å². The van der Waals surface area contributed by atoms with Crippen LogP contribution >= 0.6 is 0 Å². The van der Waals surface area contributed by atoms with Crippen molar-refractivity contribution in [1.29, 1.82) is 0 Å². The third kappa shape index (κ3) is 5.64. The molecule has 2 rings (SSSR count). The van der Waals surface area contributed by atoms with E-state index in [1.54, 1.807) is 31.2 Å². The van der Waals surface area contributed by atoms with Gasteiger partial charge >= 0.3 is 6.03 Å². The highest BCUT2D eigenvalue weighted by Crippen LogP contribution is 2.23. The summed E-state index contributed by atoms with van der Waals surface area (Å²) in [6.45, 7) is 3.74. The highest BCUT2D eigenvalue weighted by molar-refractivity contribution is 7.90. The summed E-state index contributed by atoms with van der Waals surface area (Å²) in [5, 5.41) is 4.84. The van der Waals surface area contributed by atoms with Crippen molar-refractivity contribution in [3.05, 3.63) is 48.2 Å². The molecular weight excluding hydrogens is 374 g/mol. The minimum Gasteiger partial charge on any atom is -0.488 e. The van der Waals surface area contributed by atoms with Crippen molar-refractivity contribution in [2.24, 2.45) is 5.10 Å². The van der Waals surface area contributed by atoms with Crippen molar-refractivity contribution in [2.45, 2.75) is 18.7 Å². The number of hydrogen-bond donors (Lipinski definition) is 3. The van der Waals surface area contributed by atoms with E-state index in [9.17, 15) is 13.2 Å². The van der Waals surface area contributed by atoms with Gasteiger partial charge in [0.05, 0.1) is 7.11 Å². The first kappa shape index (κ1) is 20.1. The number of amides is 2. The lowest BCUT2D eigenvalue weighted by Gasteiger charge is -2.25. The number of methoxy groups -OCH3 is 1. The molecule has 0 radical (unpaired) electrons. The predicted molar refractivity (Wildman–Crippen MR) is 98.8 cm³/mol.